The number of rotatable bonds is 5. The highest BCUT2D eigenvalue weighted by Gasteiger charge is 2.21. The summed E-state index contributed by atoms with van der Waals surface area (Å²) in [5, 5.41) is 6.95. The molecule has 0 radical (unpaired) electrons. The lowest BCUT2D eigenvalue weighted by Crippen LogP contribution is -2.49. The van der Waals surface area contributed by atoms with Gasteiger partial charge in [0.05, 0.1) is 0 Å². The summed E-state index contributed by atoms with van der Waals surface area (Å²) < 4.78 is 0. The van der Waals surface area contributed by atoms with Gasteiger partial charge in [-0.3, -0.25) is 9.79 Å². The van der Waals surface area contributed by atoms with E-state index in [1.54, 1.807) is 0 Å². The van der Waals surface area contributed by atoms with E-state index in [1.165, 1.54) is 6.42 Å². The van der Waals surface area contributed by atoms with E-state index in [4.69, 9.17) is 0 Å². The van der Waals surface area contributed by atoms with Gasteiger partial charge in [0.1, 0.15) is 0 Å². The van der Waals surface area contributed by atoms with Crippen LogP contribution in [0.5, 0.6) is 0 Å². The zero-order chi connectivity index (χ0) is 16.5. The SMILES string of the molecule is CCC1CN(C(=NC)NCCNC(=O)c2ccccc2)CCS1. The van der Waals surface area contributed by atoms with Crippen molar-refractivity contribution in [3.05, 3.63) is 35.9 Å². The van der Waals surface area contributed by atoms with Crippen molar-refractivity contribution in [1.29, 1.82) is 0 Å². The zero-order valence-electron chi connectivity index (χ0n) is 13.9. The molecule has 1 aromatic carbocycles. The third-order valence-electron chi connectivity index (χ3n) is 3.84. The van der Waals surface area contributed by atoms with Crippen molar-refractivity contribution in [3.63, 3.8) is 0 Å². The predicted octanol–water partition coefficient (Wildman–Crippen LogP) is 1.82. The summed E-state index contributed by atoms with van der Waals surface area (Å²) in [4.78, 5) is 18.6. The number of guanidine groups is 1. The van der Waals surface area contributed by atoms with Gasteiger partial charge in [-0.05, 0) is 18.6 Å². The Kier molecular flexibility index (Phi) is 7.26. The Hall–Kier alpha value is -1.69. The molecule has 1 aliphatic heterocycles. The van der Waals surface area contributed by atoms with Crippen molar-refractivity contribution in [2.24, 2.45) is 4.99 Å². The molecule has 0 aromatic heterocycles. The van der Waals surface area contributed by atoms with Crippen molar-refractivity contribution in [2.75, 3.05) is 39.0 Å². The molecule has 1 heterocycles. The number of carbonyl (C=O) groups is 1. The molecule has 0 spiro atoms. The van der Waals surface area contributed by atoms with Crippen molar-refractivity contribution in [2.45, 2.75) is 18.6 Å². The van der Waals surface area contributed by atoms with Crippen LogP contribution in [0.4, 0.5) is 0 Å². The van der Waals surface area contributed by atoms with Gasteiger partial charge < -0.3 is 15.5 Å². The molecule has 1 atom stereocenters. The average Bonchev–Trinajstić information content (AvgIpc) is 2.62. The van der Waals surface area contributed by atoms with Crippen LogP contribution in [0, 0.1) is 0 Å². The minimum absolute atomic E-state index is 0.0391. The number of nitrogens with zero attached hydrogens (tertiary/aromatic N) is 2. The molecule has 5 nitrogen and oxygen atoms in total. The molecule has 1 unspecified atom stereocenters. The Morgan fingerprint density at radius 2 is 2.04 bits per heavy atom. The van der Waals surface area contributed by atoms with Crippen LogP contribution in [-0.4, -0.2) is 61.0 Å². The van der Waals surface area contributed by atoms with Gasteiger partial charge in [0, 0.05) is 49.8 Å². The maximum absolute atomic E-state index is 12.0. The second-order valence-corrected chi connectivity index (χ2v) is 6.85. The summed E-state index contributed by atoms with van der Waals surface area (Å²) in [6, 6.07) is 9.28. The zero-order valence-corrected chi connectivity index (χ0v) is 14.7. The largest absolute Gasteiger partial charge is 0.354 e. The highest BCUT2D eigenvalue weighted by molar-refractivity contribution is 8.00. The van der Waals surface area contributed by atoms with Gasteiger partial charge >= 0.3 is 0 Å². The summed E-state index contributed by atoms with van der Waals surface area (Å²) in [5.74, 6) is 2.03. The first kappa shape index (κ1) is 17.7. The average molecular weight is 334 g/mol. The topological polar surface area (TPSA) is 56.7 Å². The molecule has 0 bridgehead atoms. The summed E-state index contributed by atoms with van der Waals surface area (Å²) in [6.45, 7) is 5.54. The summed E-state index contributed by atoms with van der Waals surface area (Å²) >= 11 is 2.04. The Bertz CT molecular complexity index is 521. The molecule has 126 valence electrons. The van der Waals surface area contributed by atoms with Crippen LogP contribution in [0.2, 0.25) is 0 Å². The van der Waals surface area contributed by atoms with Crippen LogP contribution in [0.25, 0.3) is 0 Å². The van der Waals surface area contributed by atoms with Crippen molar-refractivity contribution < 1.29 is 4.79 Å². The van der Waals surface area contributed by atoms with Crippen LogP contribution in [-0.2, 0) is 0 Å². The highest BCUT2D eigenvalue weighted by Crippen LogP contribution is 2.20. The van der Waals surface area contributed by atoms with E-state index in [0.717, 1.165) is 24.8 Å². The van der Waals surface area contributed by atoms with Crippen molar-refractivity contribution in [3.8, 4) is 0 Å². The number of amides is 1. The minimum atomic E-state index is -0.0391. The predicted molar refractivity (Wildman–Crippen MR) is 98.2 cm³/mol. The lowest BCUT2D eigenvalue weighted by atomic mass is 10.2. The molecule has 1 amide bonds. The smallest absolute Gasteiger partial charge is 0.251 e. The number of benzene rings is 1. The Balaban J connectivity index is 1.73. The first-order valence-corrected chi connectivity index (χ1v) is 9.20. The third-order valence-corrected chi connectivity index (χ3v) is 5.21. The molecular weight excluding hydrogens is 308 g/mol. The van der Waals surface area contributed by atoms with E-state index in [-0.39, 0.29) is 5.91 Å². The fourth-order valence-corrected chi connectivity index (χ4v) is 3.71. The standard InChI is InChI=1S/C17H26N4OS/c1-3-15-13-21(11-12-23-15)17(18-2)20-10-9-19-16(22)14-7-5-4-6-8-14/h4-8,15H,3,9-13H2,1-2H3,(H,18,20)(H,19,22). The lowest BCUT2D eigenvalue weighted by Gasteiger charge is -2.34. The number of carbonyl (C=O) groups excluding carboxylic acids is 1. The third kappa shape index (κ3) is 5.46. The molecular formula is C17H26N4OS. The number of thioether (sulfide) groups is 1. The first-order chi connectivity index (χ1) is 11.2. The molecule has 1 aromatic rings. The van der Waals surface area contributed by atoms with E-state index in [9.17, 15) is 4.79 Å². The Morgan fingerprint density at radius 3 is 2.74 bits per heavy atom. The second-order valence-electron chi connectivity index (χ2n) is 5.44. The second kappa shape index (κ2) is 9.45. The van der Waals surface area contributed by atoms with Crippen LogP contribution < -0.4 is 10.6 Å². The van der Waals surface area contributed by atoms with E-state index < -0.39 is 0 Å². The number of hydrogen-bond acceptors (Lipinski definition) is 3. The van der Waals surface area contributed by atoms with E-state index in [0.29, 0.717) is 23.9 Å². The maximum atomic E-state index is 12.0. The number of nitrogens with one attached hydrogen (secondary N) is 2. The molecule has 2 N–H and O–H groups in total. The quantitative estimate of drug-likeness (QED) is 0.490. The van der Waals surface area contributed by atoms with Crippen molar-refractivity contribution >= 4 is 23.6 Å². The van der Waals surface area contributed by atoms with Crippen LogP contribution in [0.1, 0.15) is 23.7 Å². The minimum Gasteiger partial charge on any atom is -0.354 e. The summed E-state index contributed by atoms with van der Waals surface area (Å²) in [6.07, 6.45) is 1.19. The van der Waals surface area contributed by atoms with Gasteiger partial charge in [-0.2, -0.15) is 11.8 Å². The highest BCUT2D eigenvalue weighted by atomic mass is 32.2. The molecule has 1 fully saturated rings. The molecule has 0 aliphatic carbocycles. The molecule has 23 heavy (non-hydrogen) atoms. The lowest BCUT2D eigenvalue weighted by molar-refractivity contribution is 0.0954. The van der Waals surface area contributed by atoms with Crippen LogP contribution in [0.15, 0.2) is 35.3 Å². The van der Waals surface area contributed by atoms with E-state index >= 15 is 0 Å². The molecule has 1 saturated heterocycles. The van der Waals surface area contributed by atoms with Crippen LogP contribution in [0.3, 0.4) is 0 Å². The molecule has 1 aliphatic rings. The molecule has 0 saturated carbocycles. The fraction of sp³-hybridized carbons (Fsp3) is 0.529. The van der Waals surface area contributed by atoms with E-state index in [1.807, 2.05) is 49.1 Å². The summed E-state index contributed by atoms with van der Waals surface area (Å²) in [7, 11) is 1.81. The normalized spacial score (nSPS) is 18.6. The monoisotopic (exact) mass is 334 g/mol. The maximum Gasteiger partial charge on any atom is 0.251 e. The summed E-state index contributed by atoms with van der Waals surface area (Å²) in [5.41, 5.74) is 0.690. The first-order valence-electron chi connectivity index (χ1n) is 8.15. The Morgan fingerprint density at radius 1 is 1.30 bits per heavy atom. The Labute approximate surface area is 142 Å². The van der Waals surface area contributed by atoms with E-state index in [2.05, 4.69) is 27.4 Å². The van der Waals surface area contributed by atoms with Gasteiger partial charge in [0.15, 0.2) is 5.96 Å². The van der Waals surface area contributed by atoms with Gasteiger partial charge in [-0.25, -0.2) is 0 Å². The fourth-order valence-electron chi connectivity index (χ4n) is 2.53. The molecule has 6 heteroatoms. The van der Waals surface area contributed by atoms with Crippen LogP contribution >= 0.6 is 11.8 Å². The van der Waals surface area contributed by atoms with Crippen molar-refractivity contribution in [1.82, 2.24) is 15.5 Å². The van der Waals surface area contributed by atoms with Gasteiger partial charge in [-0.1, -0.05) is 25.1 Å². The van der Waals surface area contributed by atoms with Gasteiger partial charge in [-0.15, -0.1) is 0 Å². The number of aliphatic imine (C=N–C) groups is 1. The van der Waals surface area contributed by atoms with Gasteiger partial charge in [0.25, 0.3) is 5.91 Å². The number of hydrogen-bond donors (Lipinski definition) is 2. The van der Waals surface area contributed by atoms with Gasteiger partial charge in [0.2, 0.25) is 0 Å². The molecule has 2 rings (SSSR count).